The van der Waals surface area contributed by atoms with E-state index in [4.69, 9.17) is 16.3 Å². The molecule has 9 heteroatoms. The van der Waals surface area contributed by atoms with Crippen LogP contribution in [0.4, 0.5) is 5.69 Å². The van der Waals surface area contributed by atoms with Crippen LogP contribution in [0, 0.1) is 0 Å². The van der Waals surface area contributed by atoms with Crippen LogP contribution in [0.5, 0.6) is 0 Å². The SMILES string of the molecule is CNC(=O)c1ccc(CN(C)c2cnn(-c3ccccc3C(=O)OC)c(=O)c2Cl)cc1. The lowest BCUT2D eigenvalue weighted by molar-refractivity contribution is 0.0600. The lowest BCUT2D eigenvalue weighted by Crippen LogP contribution is -2.27. The molecule has 0 aliphatic carbocycles. The summed E-state index contributed by atoms with van der Waals surface area (Å²) in [4.78, 5) is 38.4. The van der Waals surface area contributed by atoms with E-state index in [2.05, 4.69) is 10.4 Å². The van der Waals surface area contributed by atoms with E-state index >= 15 is 0 Å². The summed E-state index contributed by atoms with van der Waals surface area (Å²) in [5.74, 6) is -0.746. The van der Waals surface area contributed by atoms with Crippen LogP contribution in [0.2, 0.25) is 5.02 Å². The average molecular weight is 441 g/mol. The number of ether oxygens (including phenoxy) is 1. The summed E-state index contributed by atoms with van der Waals surface area (Å²) in [7, 11) is 4.62. The number of hydrogen-bond donors (Lipinski definition) is 1. The molecule has 3 rings (SSSR count). The second-order valence-electron chi connectivity index (χ2n) is 6.70. The molecule has 8 nitrogen and oxygen atoms in total. The molecule has 3 aromatic rings. The molecule has 0 spiro atoms. The summed E-state index contributed by atoms with van der Waals surface area (Å²) in [6.07, 6.45) is 1.47. The highest BCUT2D eigenvalue weighted by Crippen LogP contribution is 2.23. The normalized spacial score (nSPS) is 10.5. The highest BCUT2D eigenvalue weighted by molar-refractivity contribution is 6.33. The molecule has 0 bridgehead atoms. The van der Waals surface area contributed by atoms with Gasteiger partial charge in [0.15, 0.2) is 0 Å². The molecular formula is C22H21ClN4O4. The maximum absolute atomic E-state index is 12.9. The molecule has 0 aliphatic heterocycles. The van der Waals surface area contributed by atoms with E-state index in [1.54, 1.807) is 55.4 Å². The number of benzene rings is 2. The number of hydrogen-bond acceptors (Lipinski definition) is 6. The van der Waals surface area contributed by atoms with Gasteiger partial charge in [0.1, 0.15) is 5.02 Å². The number of amides is 1. The van der Waals surface area contributed by atoms with Gasteiger partial charge in [-0.2, -0.15) is 9.78 Å². The van der Waals surface area contributed by atoms with Gasteiger partial charge in [-0.25, -0.2) is 4.79 Å². The third-order valence-electron chi connectivity index (χ3n) is 4.71. The van der Waals surface area contributed by atoms with Crippen LogP contribution in [0.25, 0.3) is 5.69 Å². The molecule has 1 N–H and O–H groups in total. The molecule has 1 aromatic heterocycles. The van der Waals surface area contributed by atoms with Gasteiger partial charge in [-0.05, 0) is 29.8 Å². The predicted molar refractivity (Wildman–Crippen MR) is 118 cm³/mol. The highest BCUT2D eigenvalue weighted by Gasteiger charge is 2.18. The van der Waals surface area contributed by atoms with E-state index in [1.165, 1.54) is 13.3 Å². The Labute approximate surface area is 184 Å². The van der Waals surface area contributed by atoms with Gasteiger partial charge >= 0.3 is 5.97 Å². The molecule has 0 fully saturated rings. The summed E-state index contributed by atoms with van der Waals surface area (Å²) in [6.45, 7) is 0.442. The van der Waals surface area contributed by atoms with Gasteiger partial charge in [0, 0.05) is 26.2 Å². The van der Waals surface area contributed by atoms with Crippen LogP contribution in [0.1, 0.15) is 26.3 Å². The van der Waals surface area contributed by atoms with E-state index in [0.717, 1.165) is 10.2 Å². The van der Waals surface area contributed by atoms with Crippen molar-refractivity contribution in [2.45, 2.75) is 6.54 Å². The average Bonchev–Trinajstić information content (AvgIpc) is 2.80. The van der Waals surface area contributed by atoms with E-state index < -0.39 is 11.5 Å². The topological polar surface area (TPSA) is 93.5 Å². The fourth-order valence-corrected chi connectivity index (χ4v) is 3.34. The zero-order valence-corrected chi connectivity index (χ0v) is 18.0. The Hall–Kier alpha value is -3.65. The largest absolute Gasteiger partial charge is 0.465 e. The van der Waals surface area contributed by atoms with Crippen molar-refractivity contribution in [1.82, 2.24) is 15.1 Å². The number of halogens is 1. The minimum atomic E-state index is -0.582. The third-order valence-corrected chi connectivity index (χ3v) is 5.07. The minimum Gasteiger partial charge on any atom is -0.465 e. The number of methoxy groups -OCH3 is 1. The number of para-hydroxylation sites is 1. The Morgan fingerprint density at radius 2 is 1.84 bits per heavy atom. The zero-order valence-electron chi connectivity index (χ0n) is 17.3. The molecule has 160 valence electrons. The third kappa shape index (κ3) is 4.59. The smallest absolute Gasteiger partial charge is 0.340 e. The Balaban J connectivity index is 1.90. The van der Waals surface area contributed by atoms with Gasteiger partial charge in [-0.1, -0.05) is 35.9 Å². The lowest BCUT2D eigenvalue weighted by Gasteiger charge is -2.21. The summed E-state index contributed by atoms with van der Waals surface area (Å²) in [5.41, 5.74) is 1.84. The van der Waals surface area contributed by atoms with E-state index in [0.29, 0.717) is 17.8 Å². The molecule has 0 radical (unpaired) electrons. The van der Waals surface area contributed by atoms with E-state index in [1.807, 2.05) is 12.1 Å². The first kappa shape index (κ1) is 22.0. The maximum Gasteiger partial charge on any atom is 0.340 e. The van der Waals surface area contributed by atoms with Gasteiger partial charge in [0.2, 0.25) is 0 Å². The lowest BCUT2D eigenvalue weighted by atomic mass is 10.1. The fraction of sp³-hybridized carbons (Fsp3) is 0.182. The molecular weight excluding hydrogens is 420 g/mol. The van der Waals surface area contributed by atoms with Crippen LogP contribution in [0.3, 0.4) is 0 Å². The van der Waals surface area contributed by atoms with E-state index in [9.17, 15) is 14.4 Å². The number of aromatic nitrogens is 2. The Morgan fingerprint density at radius 1 is 1.16 bits per heavy atom. The van der Waals surface area contributed by atoms with Gasteiger partial charge in [0.05, 0.1) is 30.2 Å². The minimum absolute atomic E-state index is 0.0286. The van der Waals surface area contributed by atoms with Crippen molar-refractivity contribution in [2.24, 2.45) is 0 Å². The van der Waals surface area contributed by atoms with Crippen LogP contribution in [-0.4, -0.2) is 42.9 Å². The van der Waals surface area contributed by atoms with Gasteiger partial charge < -0.3 is 15.0 Å². The fourth-order valence-electron chi connectivity index (χ4n) is 3.07. The molecule has 0 saturated heterocycles. The van der Waals surface area contributed by atoms with Crippen molar-refractivity contribution < 1.29 is 14.3 Å². The first-order valence-corrected chi connectivity index (χ1v) is 9.73. The predicted octanol–water partition coefficient (Wildman–Crippen LogP) is 2.67. The number of anilines is 1. The maximum atomic E-state index is 12.9. The number of nitrogens with zero attached hydrogens (tertiary/aromatic N) is 3. The van der Waals surface area contributed by atoms with Crippen molar-refractivity contribution in [2.75, 3.05) is 26.1 Å². The number of carbonyl (C=O) groups is 2. The summed E-state index contributed by atoms with van der Waals surface area (Å²) >= 11 is 6.38. The number of nitrogens with one attached hydrogen (secondary N) is 1. The molecule has 0 saturated carbocycles. The Bertz CT molecular complexity index is 1170. The molecule has 0 unspecified atom stereocenters. The van der Waals surface area contributed by atoms with Crippen LogP contribution < -0.4 is 15.8 Å². The molecule has 2 aromatic carbocycles. The van der Waals surface area contributed by atoms with E-state index in [-0.39, 0.29) is 22.2 Å². The first-order valence-electron chi connectivity index (χ1n) is 9.35. The van der Waals surface area contributed by atoms with Gasteiger partial charge in [-0.15, -0.1) is 0 Å². The number of rotatable bonds is 6. The highest BCUT2D eigenvalue weighted by atomic mass is 35.5. The Morgan fingerprint density at radius 3 is 2.48 bits per heavy atom. The summed E-state index contributed by atoms with van der Waals surface area (Å²) in [5, 5.41) is 6.76. The number of esters is 1. The quantitative estimate of drug-likeness (QED) is 0.592. The van der Waals surface area contributed by atoms with Crippen LogP contribution in [-0.2, 0) is 11.3 Å². The van der Waals surface area contributed by atoms with Crippen molar-refractivity contribution >= 4 is 29.2 Å². The van der Waals surface area contributed by atoms with Crippen molar-refractivity contribution in [3.05, 3.63) is 86.8 Å². The molecule has 0 aliphatic rings. The van der Waals surface area contributed by atoms with Crippen molar-refractivity contribution in [1.29, 1.82) is 0 Å². The van der Waals surface area contributed by atoms with Gasteiger partial charge in [-0.3, -0.25) is 9.59 Å². The Kier molecular flexibility index (Phi) is 6.71. The molecule has 0 atom stereocenters. The summed E-state index contributed by atoms with van der Waals surface area (Å²) < 4.78 is 5.85. The molecule has 1 amide bonds. The zero-order chi connectivity index (χ0) is 22.5. The first-order chi connectivity index (χ1) is 14.9. The molecule has 1 heterocycles. The monoisotopic (exact) mass is 440 g/mol. The standard InChI is InChI=1S/C22H21ClN4O4/c1-24-20(28)15-10-8-14(9-11-15)13-26(2)18-12-25-27(21(29)19(18)23)17-7-5-4-6-16(17)22(30)31-3/h4-12H,13H2,1-3H3,(H,24,28). The summed E-state index contributed by atoms with van der Waals surface area (Å²) in [6, 6.07) is 13.6. The van der Waals surface area contributed by atoms with Crippen LogP contribution >= 0.6 is 11.6 Å². The van der Waals surface area contributed by atoms with Crippen molar-refractivity contribution in [3.8, 4) is 5.69 Å². The van der Waals surface area contributed by atoms with Crippen molar-refractivity contribution in [3.63, 3.8) is 0 Å². The second kappa shape index (κ2) is 9.44. The van der Waals surface area contributed by atoms with Crippen LogP contribution in [0.15, 0.2) is 59.5 Å². The second-order valence-corrected chi connectivity index (χ2v) is 7.08. The van der Waals surface area contributed by atoms with Gasteiger partial charge in [0.25, 0.3) is 11.5 Å². The number of carbonyl (C=O) groups excluding carboxylic acids is 2. The molecule has 31 heavy (non-hydrogen) atoms.